The number of fused-ring (bicyclic) bond motifs is 1. The lowest BCUT2D eigenvalue weighted by Crippen LogP contribution is -2.31. The minimum Gasteiger partial charge on any atom is -0.423 e. The third kappa shape index (κ3) is 4.48. The molecule has 0 unspecified atom stereocenters. The Morgan fingerprint density at radius 1 is 1.11 bits per heavy atom. The molecule has 0 spiro atoms. The number of amides is 1. The monoisotopic (exact) mass is 443 g/mol. The average molecular weight is 444 g/mol. The summed E-state index contributed by atoms with van der Waals surface area (Å²) >= 11 is 3.30. The summed E-state index contributed by atoms with van der Waals surface area (Å²) in [7, 11) is 0. The summed E-state index contributed by atoms with van der Waals surface area (Å²) in [5.74, 6) is -0.528. The Bertz CT molecular complexity index is 1100. The van der Waals surface area contributed by atoms with Gasteiger partial charge in [-0.25, -0.2) is 9.59 Å². The van der Waals surface area contributed by atoms with E-state index in [0.29, 0.717) is 22.0 Å². The van der Waals surface area contributed by atoms with E-state index < -0.39 is 17.5 Å². The number of ether oxygens (including phenoxy) is 1. The summed E-state index contributed by atoms with van der Waals surface area (Å²) in [5.41, 5.74) is -0.210. The minimum absolute atomic E-state index is 0.0638. The van der Waals surface area contributed by atoms with E-state index in [1.54, 1.807) is 36.4 Å². The van der Waals surface area contributed by atoms with Crippen molar-refractivity contribution < 1.29 is 18.7 Å². The van der Waals surface area contributed by atoms with E-state index in [1.807, 2.05) is 13.8 Å². The highest BCUT2D eigenvalue weighted by atomic mass is 79.9. The molecule has 0 bridgehead atoms. The Balaban J connectivity index is 1.85. The van der Waals surface area contributed by atoms with Crippen LogP contribution in [-0.4, -0.2) is 18.4 Å². The van der Waals surface area contributed by atoms with Crippen molar-refractivity contribution in [3.05, 3.63) is 74.6 Å². The molecule has 0 aliphatic carbocycles. The van der Waals surface area contributed by atoms with Crippen LogP contribution in [0.4, 0.5) is 0 Å². The topological polar surface area (TPSA) is 85.6 Å². The van der Waals surface area contributed by atoms with E-state index >= 15 is 0 Å². The lowest BCUT2D eigenvalue weighted by atomic mass is 10.1. The number of halogens is 1. The van der Waals surface area contributed by atoms with Crippen LogP contribution >= 0.6 is 15.9 Å². The number of hydrogen-bond acceptors (Lipinski definition) is 5. The molecular weight excluding hydrogens is 426 g/mol. The first-order chi connectivity index (χ1) is 13.3. The zero-order valence-electron chi connectivity index (χ0n) is 15.3. The Labute approximate surface area is 169 Å². The number of benzene rings is 2. The van der Waals surface area contributed by atoms with Gasteiger partial charge in [0.1, 0.15) is 16.9 Å². The smallest absolute Gasteiger partial charge is 0.349 e. The van der Waals surface area contributed by atoms with Crippen molar-refractivity contribution in [2.45, 2.75) is 13.8 Å². The molecule has 0 saturated carbocycles. The molecule has 1 amide bonds. The molecule has 0 radical (unpaired) electrons. The van der Waals surface area contributed by atoms with Crippen molar-refractivity contribution in [3.63, 3.8) is 0 Å². The Morgan fingerprint density at radius 2 is 1.86 bits per heavy atom. The first-order valence-electron chi connectivity index (χ1n) is 8.68. The molecule has 1 aromatic heterocycles. The fourth-order valence-corrected chi connectivity index (χ4v) is 2.94. The number of hydrogen-bond donors (Lipinski definition) is 1. The highest BCUT2D eigenvalue weighted by Crippen LogP contribution is 2.23. The van der Waals surface area contributed by atoms with Gasteiger partial charge in [0.2, 0.25) is 0 Å². The molecule has 28 heavy (non-hydrogen) atoms. The lowest BCUT2D eigenvalue weighted by molar-refractivity contribution is 0.0733. The zero-order valence-corrected chi connectivity index (χ0v) is 16.9. The van der Waals surface area contributed by atoms with Gasteiger partial charge in [0, 0.05) is 22.5 Å². The maximum atomic E-state index is 12.3. The SMILES string of the molecule is CC(C)CNC(=O)c1cc2ccc(OC(=O)c3ccccc3Br)cc2oc1=O. The summed E-state index contributed by atoms with van der Waals surface area (Å²) in [5, 5.41) is 3.24. The van der Waals surface area contributed by atoms with Crippen LogP contribution < -0.4 is 15.7 Å². The quantitative estimate of drug-likeness (QED) is 0.363. The second kappa shape index (κ2) is 8.39. The number of carbonyl (C=O) groups excluding carboxylic acids is 2. The minimum atomic E-state index is -0.747. The van der Waals surface area contributed by atoms with E-state index in [1.165, 1.54) is 12.1 Å². The molecule has 0 aliphatic rings. The standard InChI is InChI=1S/C21H18BrNO5/c1-12(2)11-23-19(24)16-9-13-7-8-14(10-18(13)28-21(16)26)27-20(25)15-5-3-4-6-17(15)22/h3-10,12H,11H2,1-2H3,(H,23,24). The predicted octanol–water partition coefficient (Wildman–Crippen LogP) is 4.16. The molecule has 0 fully saturated rings. The fraction of sp³-hybridized carbons (Fsp3) is 0.190. The fourth-order valence-electron chi connectivity index (χ4n) is 2.49. The summed E-state index contributed by atoms with van der Waals surface area (Å²) in [4.78, 5) is 36.7. The lowest BCUT2D eigenvalue weighted by Gasteiger charge is -2.08. The van der Waals surface area contributed by atoms with Crippen molar-refractivity contribution in [2.75, 3.05) is 6.54 Å². The average Bonchev–Trinajstić information content (AvgIpc) is 2.65. The van der Waals surface area contributed by atoms with Gasteiger partial charge in [-0.15, -0.1) is 0 Å². The van der Waals surface area contributed by atoms with Crippen molar-refractivity contribution >= 4 is 38.8 Å². The van der Waals surface area contributed by atoms with Crippen molar-refractivity contribution in [1.82, 2.24) is 5.32 Å². The molecule has 144 valence electrons. The van der Waals surface area contributed by atoms with Crippen LogP contribution in [0.1, 0.15) is 34.6 Å². The number of rotatable bonds is 5. The summed E-state index contributed by atoms with van der Waals surface area (Å²) in [6.45, 7) is 4.38. The second-order valence-electron chi connectivity index (χ2n) is 6.62. The molecule has 0 saturated heterocycles. The molecule has 2 aromatic carbocycles. The van der Waals surface area contributed by atoms with Gasteiger partial charge in [0.25, 0.3) is 5.91 Å². The van der Waals surface area contributed by atoms with E-state index in [2.05, 4.69) is 21.2 Å². The highest BCUT2D eigenvalue weighted by Gasteiger charge is 2.16. The molecule has 7 heteroatoms. The molecular formula is C21H18BrNO5. The zero-order chi connectivity index (χ0) is 20.3. The number of esters is 1. The van der Waals surface area contributed by atoms with Gasteiger partial charge in [0.05, 0.1) is 5.56 Å². The van der Waals surface area contributed by atoms with Gasteiger partial charge in [-0.2, -0.15) is 0 Å². The predicted molar refractivity (Wildman–Crippen MR) is 109 cm³/mol. The number of carbonyl (C=O) groups is 2. The molecule has 3 aromatic rings. The first-order valence-corrected chi connectivity index (χ1v) is 9.47. The van der Waals surface area contributed by atoms with Gasteiger partial charge >= 0.3 is 11.6 Å². The normalized spacial score (nSPS) is 10.9. The van der Waals surface area contributed by atoms with Crippen LogP contribution in [-0.2, 0) is 0 Å². The molecule has 1 heterocycles. The van der Waals surface area contributed by atoms with E-state index in [9.17, 15) is 14.4 Å². The summed E-state index contributed by atoms with van der Waals surface area (Å²) in [6.07, 6.45) is 0. The number of nitrogens with one attached hydrogen (secondary N) is 1. The van der Waals surface area contributed by atoms with Crippen LogP contribution in [0.15, 0.2) is 62.2 Å². The van der Waals surface area contributed by atoms with Gasteiger partial charge in [0.15, 0.2) is 0 Å². The molecule has 6 nitrogen and oxygen atoms in total. The Hall–Kier alpha value is -2.93. The van der Waals surface area contributed by atoms with Crippen LogP contribution in [0.3, 0.4) is 0 Å². The van der Waals surface area contributed by atoms with Gasteiger partial charge in [-0.3, -0.25) is 4.79 Å². The third-order valence-electron chi connectivity index (χ3n) is 3.93. The van der Waals surface area contributed by atoms with Crippen LogP contribution in [0.2, 0.25) is 0 Å². The van der Waals surface area contributed by atoms with Crippen LogP contribution in [0.25, 0.3) is 11.0 Å². The Kier molecular flexibility index (Phi) is 5.94. The van der Waals surface area contributed by atoms with Crippen molar-refractivity contribution in [1.29, 1.82) is 0 Å². The highest BCUT2D eigenvalue weighted by molar-refractivity contribution is 9.10. The molecule has 0 aliphatic heterocycles. The first kappa shape index (κ1) is 19.8. The van der Waals surface area contributed by atoms with Crippen molar-refractivity contribution in [2.24, 2.45) is 5.92 Å². The largest absolute Gasteiger partial charge is 0.423 e. The van der Waals surface area contributed by atoms with E-state index in [4.69, 9.17) is 9.15 Å². The molecule has 3 rings (SSSR count). The van der Waals surface area contributed by atoms with Gasteiger partial charge < -0.3 is 14.5 Å². The Morgan fingerprint density at radius 3 is 2.57 bits per heavy atom. The maximum absolute atomic E-state index is 12.3. The second-order valence-corrected chi connectivity index (χ2v) is 7.47. The van der Waals surface area contributed by atoms with E-state index in [-0.39, 0.29) is 22.8 Å². The molecule has 1 N–H and O–H groups in total. The van der Waals surface area contributed by atoms with E-state index in [0.717, 1.165) is 0 Å². The summed E-state index contributed by atoms with van der Waals surface area (Å²) in [6, 6.07) is 13.0. The maximum Gasteiger partial charge on any atom is 0.349 e. The summed E-state index contributed by atoms with van der Waals surface area (Å²) < 4.78 is 11.2. The molecule has 0 atom stereocenters. The van der Waals surface area contributed by atoms with Crippen LogP contribution in [0.5, 0.6) is 5.75 Å². The van der Waals surface area contributed by atoms with Crippen LogP contribution in [0, 0.1) is 5.92 Å². The van der Waals surface area contributed by atoms with Crippen molar-refractivity contribution in [3.8, 4) is 5.75 Å². The van der Waals surface area contributed by atoms with Gasteiger partial charge in [-0.05, 0) is 52.2 Å². The van der Waals surface area contributed by atoms with Gasteiger partial charge in [-0.1, -0.05) is 26.0 Å². The third-order valence-corrected chi connectivity index (χ3v) is 4.62.